The quantitative estimate of drug-likeness (QED) is 0.756. The summed E-state index contributed by atoms with van der Waals surface area (Å²) < 4.78 is 0. The smallest absolute Gasteiger partial charge is 0.160 e. The second-order valence-corrected chi connectivity index (χ2v) is 7.17. The second kappa shape index (κ2) is 6.55. The van der Waals surface area contributed by atoms with Gasteiger partial charge in [-0.05, 0) is 17.7 Å². The monoisotopic (exact) mass is 362 g/mol. The van der Waals surface area contributed by atoms with Crippen LogP contribution in [0.15, 0.2) is 23.2 Å². The van der Waals surface area contributed by atoms with Crippen LogP contribution in [0.1, 0.15) is 5.56 Å². The summed E-state index contributed by atoms with van der Waals surface area (Å²) in [7, 11) is 0. The van der Waals surface area contributed by atoms with Crippen molar-refractivity contribution in [2.45, 2.75) is 30.8 Å². The first kappa shape index (κ1) is 16.4. The molecule has 0 aromatic heterocycles. The molecule has 1 aromatic carbocycles. The molecule has 2 saturated heterocycles. The van der Waals surface area contributed by atoms with E-state index in [2.05, 4.69) is 4.99 Å². The van der Waals surface area contributed by atoms with Crippen LogP contribution in [-0.2, 0) is 6.54 Å². The molecule has 5 nitrogen and oxygen atoms in total. The van der Waals surface area contributed by atoms with Crippen molar-refractivity contribution in [3.63, 3.8) is 0 Å². The van der Waals surface area contributed by atoms with Crippen LogP contribution in [-0.4, -0.2) is 62.0 Å². The van der Waals surface area contributed by atoms with Crippen LogP contribution in [0.5, 0.6) is 0 Å². The average Bonchev–Trinajstić information content (AvgIpc) is 3.01. The third-order valence-corrected chi connectivity index (χ3v) is 5.87. The highest BCUT2D eigenvalue weighted by atomic mass is 35.5. The molecule has 3 rings (SSSR count). The van der Waals surface area contributed by atoms with Crippen molar-refractivity contribution in [2.24, 2.45) is 4.99 Å². The summed E-state index contributed by atoms with van der Waals surface area (Å²) in [6.07, 6.45) is -1.81. The Morgan fingerprint density at radius 2 is 2.00 bits per heavy atom. The lowest BCUT2D eigenvalue weighted by molar-refractivity contribution is 0.0206. The fourth-order valence-electron chi connectivity index (χ4n) is 2.85. The maximum absolute atomic E-state index is 10.0. The molecule has 120 valence electrons. The van der Waals surface area contributed by atoms with Gasteiger partial charge in [0.05, 0.1) is 35.3 Å². The molecule has 0 amide bonds. The van der Waals surface area contributed by atoms with E-state index in [4.69, 9.17) is 23.2 Å². The minimum Gasteiger partial charge on any atom is -0.394 e. The number of hydrogen-bond acceptors (Lipinski definition) is 5. The van der Waals surface area contributed by atoms with Crippen molar-refractivity contribution in [1.29, 1.82) is 0 Å². The molecule has 3 N–H and O–H groups in total. The van der Waals surface area contributed by atoms with E-state index in [-0.39, 0.29) is 12.6 Å². The molecule has 0 bridgehead atoms. The van der Waals surface area contributed by atoms with Gasteiger partial charge in [0.1, 0.15) is 12.2 Å². The summed E-state index contributed by atoms with van der Waals surface area (Å²) in [4.78, 5) is 6.38. The largest absolute Gasteiger partial charge is 0.394 e. The molecule has 2 heterocycles. The van der Waals surface area contributed by atoms with Gasteiger partial charge in [0, 0.05) is 5.75 Å². The van der Waals surface area contributed by atoms with E-state index in [0.717, 1.165) is 10.7 Å². The van der Waals surface area contributed by atoms with Gasteiger partial charge in [-0.15, -0.1) is 0 Å². The molecule has 0 radical (unpaired) electrons. The minimum absolute atomic E-state index is 0.204. The molecule has 4 atom stereocenters. The molecule has 1 aromatic rings. The summed E-state index contributed by atoms with van der Waals surface area (Å²) in [5.74, 6) is 0.648. The lowest BCUT2D eigenvalue weighted by Crippen LogP contribution is -2.41. The Balaban J connectivity index is 1.78. The van der Waals surface area contributed by atoms with Gasteiger partial charge >= 0.3 is 0 Å². The van der Waals surface area contributed by atoms with Crippen LogP contribution in [0, 0.1) is 0 Å². The van der Waals surface area contributed by atoms with Gasteiger partial charge in [-0.25, -0.2) is 0 Å². The molecular weight excluding hydrogens is 347 g/mol. The normalized spacial score (nSPS) is 32.8. The SMILES string of the molecule is OC[C@H]1[C@@H](O)[C@H](O)[C@@H]2CSC(=NCc3ccc(Cl)c(Cl)c3)N12. The number of aliphatic imine (C=N–C) groups is 1. The van der Waals surface area contributed by atoms with E-state index in [0.29, 0.717) is 22.3 Å². The molecule has 2 fully saturated rings. The number of amidine groups is 1. The average molecular weight is 363 g/mol. The van der Waals surface area contributed by atoms with Crippen molar-refractivity contribution in [3.05, 3.63) is 33.8 Å². The second-order valence-electron chi connectivity index (χ2n) is 5.36. The summed E-state index contributed by atoms with van der Waals surface area (Å²) in [6, 6.07) is 4.63. The lowest BCUT2D eigenvalue weighted by Gasteiger charge is -2.24. The van der Waals surface area contributed by atoms with Crippen LogP contribution in [0.3, 0.4) is 0 Å². The maximum atomic E-state index is 10.0. The van der Waals surface area contributed by atoms with Crippen molar-refractivity contribution in [1.82, 2.24) is 4.90 Å². The van der Waals surface area contributed by atoms with Crippen molar-refractivity contribution in [2.75, 3.05) is 12.4 Å². The summed E-state index contributed by atoms with van der Waals surface area (Å²) in [5.41, 5.74) is 0.923. The van der Waals surface area contributed by atoms with Gasteiger partial charge in [0.2, 0.25) is 0 Å². The van der Waals surface area contributed by atoms with Crippen LogP contribution >= 0.6 is 35.0 Å². The van der Waals surface area contributed by atoms with Gasteiger partial charge in [-0.2, -0.15) is 0 Å². The van der Waals surface area contributed by atoms with E-state index in [1.54, 1.807) is 12.1 Å². The highest BCUT2D eigenvalue weighted by Gasteiger charge is 2.51. The van der Waals surface area contributed by atoms with E-state index in [9.17, 15) is 15.3 Å². The summed E-state index contributed by atoms with van der Waals surface area (Å²) in [5, 5.41) is 31.2. The van der Waals surface area contributed by atoms with Gasteiger partial charge in [0.25, 0.3) is 0 Å². The zero-order valence-corrected chi connectivity index (χ0v) is 13.9. The molecule has 8 heteroatoms. The van der Waals surface area contributed by atoms with Gasteiger partial charge in [-0.3, -0.25) is 4.99 Å². The van der Waals surface area contributed by atoms with Crippen molar-refractivity contribution >= 4 is 40.1 Å². The van der Waals surface area contributed by atoms with Crippen LogP contribution < -0.4 is 0 Å². The first-order chi connectivity index (χ1) is 10.5. The third-order valence-electron chi connectivity index (χ3n) is 4.02. The molecule has 0 spiro atoms. The van der Waals surface area contributed by atoms with Crippen LogP contribution in [0.4, 0.5) is 0 Å². The predicted octanol–water partition coefficient (Wildman–Crippen LogP) is 1.36. The Kier molecular flexibility index (Phi) is 4.87. The number of rotatable bonds is 3. The lowest BCUT2D eigenvalue weighted by atomic mass is 10.1. The Morgan fingerprint density at radius 1 is 1.23 bits per heavy atom. The van der Waals surface area contributed by atoms with Crippen LogP contribution in [0.2, 0.25) is 10.0 Å². The zero-order chi connectivity index (χ0) is 15.9. The Labute approximate surface area is 142 Å². The van der Waals surface area contributed by atoms with E-state index >= 15 is 0 Å². The topological polar surface area (TPSA) is 76.3 Å². The Morgan fingerprint density at radius 3 is 2.68 bits per heavy atom. The van der Waals surface area contributed by atoms with E-state index in [1.807, 2.05) is 11.0 Å². The Bertz CT molecular complexity index is 599. The highest BCUT2D eigenvalue weighted by molar-refractivity contribution is 8.14. The molecule has 2 aliphatic rings. The number of halogens is 2. The minimum atomic E-state index is -0.953. The van der Waals surface area contributed by atoms with Crippen molar-refractivity contribution < 1.29 is 15.3 Å². The van der Waals surface area contributed by atoms with Crippen LogP contribution in [0.25, 0.3) is 0 Å². The number of benzene rings is 1. The first-order valence-electron chi connectivity index (χ1n) is 6.89. The fourth-order valence-corrected chi connectivity index (χ4v) is 4.42. The van der Waals surface area contributed by atoms with Gasteiger partial charge in [0.15, 0.2) is 5.17 Å². The molecule has 2 aliphatic heterocycles. The number of hydrogen-bond donors (Lipinski definition) is 3. The number of aliphatic hydroxyl groups excluding tert-OH is 3. The Hall–Kier alpha value is -0.500. The van der Waals surface area contributed by atoms with Gasteiger partial charge in [-0.1, -0.05) is 41.0 Å². The maximum Gasteiger partial charge on any atom is 0.160 e. The third kappa shape index (κ3) is 2.84. The van der Waals surface area contributed by atoms with Gasteiger partial charge < -0.3 is 20.2 Å². The molecule has 0 aliphatic carbocycles. The zero-order valence-electron chi connectivity index (χ0n) is 11.6. The molecule has 0 unspecified atom stereocenters. The number of nitrogens with zero attached hydrogens (tertiary/aromatic N) is 2. The fraction of sp³-hybridized carbons (Fsp3) is 0.500. The standard InChI is InChI=1S/C14H16Cl2N2O3S/c15-8-2-1-7(3-9(8)16)4-17-14-18-10(5-19)12(20)13(21)11(18)6-22-14/h1-3,10-13,19-21H,4-6H2/t10-,11-,12+,13+/m0/s1. The predicted molar refractivity (Wildman–Crippen MR) is 88.6 cm³/mol. The number of thioether (sulfide) groups is 1. The highest BCUT2D eigenvalue weighted by Crippen LogP contribution is 2.36. The number of aliphatic hydroxyl groups is 3. The molecule has 22 heavy (non-hydrogen) atoms. The summed E-state index contributed by atoms with van der Waals surface area (Å²) in [6.45, 7) is 0.202. The number of fused-ring (bicyclic) bond motifs is 1. The van der Waals surface area contributed by atoms with E-state index in [1.165, 1.54) is 11.8 Å². The van der Waals surface area contributed by atoms with E-state index < -0.39 is 18.2 Å². The first-order valence-corrected chi connectivity index (χ1v) is 8.63. The molecule has 0 saturated carbocycles. The molecular formula is C14H16Cl2N2O3S. The van der Waals surface area contributed by atoms with Crippen molar-refractivity contribution in [3.8, 4) is 0 Å². The summed E-state index contributed by atoms with van der Waals surface area (Å²) >= 11 is 13.4.